The maximum absolute atomic E-state index is 13.1. The third-order valence-corrected chi connectivity index (χ3v) is 3.93. The van der Waals surface area contributed by atoms with Crippen LogP contribution in [0.2, 0.25) is 0 Å². The zero-order valence-corrected chi connectivity index (χ0v) is 14.0. The first kappa shape index (κ1) is 17.7. The Morgan fingerprint density at radius 1 is 1.25 bits per heavy atom. The molecule has 2 N–H and O–H groups in total. The van der Waals surface area contributed by atoms with Gasteiger partial charge >= 0.3 is 5.97 Å². The fourth-order valence-corrected chi connectivity index (χ4v) is 2.69. The summed E-state index contributed by atoms with van der Waals surface area (Å²) in [4.78, 5) is 23.0. The molecular formula is C18H21FN2O3. The fraction of sp³-hybridized carbons (Fsp3) is 0.333. The first-order valence-electron chi connectivity index (χ1n) is 7.77. The lowest BCUT2D eigenvalue weighted by Gasteiger charge is -2.13. The second-order valence-electron chi connectivity index (χ2n) is 5.90. The van der Waals surface area contributed by atoms with Crippen LogP contribution >= 0.6 is 0 Å². The van der Waals surface area contributed by atoms with Crippen LogP contribution < -0.4 is 5.32 Å². The van der Waals surface area contributed by atoms with Crippen molar-refractivity contribution in [2.45, 2.75) is 39.7 Å². The number of carboxylic acids is 1. The SMILES string of the molecule is Cc1cc(C(=O)NC(C)CCC(=O)O)c(C)n1-c1ccc(F)cc1. The summed E-state index contributed by atoms with van der Waals surface area (Å²) in [5.74, 6) is -1.44. The minimum atomic E-state index is -0.884. The molecule has 0 aliphatic rings. The van der Waals surface area contributed by atoms with E-state index in [2.05, 4.69) is 5.32 Å². The summed E-state index contributed by atoms with van der Waals surface area (Å²) < 4.78 is 15.0. The number of carboxylic acid groups (broad SMARTS) is 1. The predicted molar refractivity (Wildman–Crippen MR) is 89.0 cm³/mol. The first-order chi connectivity index (χ1) is 11.3. The third-order valence-electron chi connectivity index (χ3n) is 3.93. The molecule has 0 spiro atoms. The molecule has 0 saturated carbocycles. The van der Waals surface area contributed by atoms with Gasteiger partial charge in [-0.25, -0.2) is 4.39 Å². The Bertz CT molecular complexity index is 750. The predicted octanol–water partition coefficient (Wildman–Crippen LogP) is 3.22. The van der Waals surface area contributed by atoms with Gasteiger partial charge in [0.25, 0.3) is 5.91 Å². The van der Waals surface area contributed by atoms with Crippen molar-refractivity contribution in [3.63, 3.8) is 0 Å². The van der Waals surface area contributed by atoms with E-state index >= 15 is 0 Å². The molecule has 128 valence electrons. The fourth-order valence-electron chi connectivity index (χ4n) is 2.69. The van der Waals surface area contributed by atoms with Crippen LogP contribution in [0.15, 0.2) is 30.3 Å². The van der Waals surface area contributed by atoms with Crippen LogP contribution in [0.3, 0.4) is 0 Å². The van der Waals surface area contributed by atoms with Crippen molar-refractivity contribution < 1.29 is 19.1 Å². The van der Waals surface area contributed by atoms with Gasteiger partial charge in [0.15, 0.2) is 0 Å². The summed E-state index contributed by atoms with van der Waals surface area (Å²) in [6, 6.07) is 7.61. The number of rotatable bonds is 6. The molecule has 1 atom stereocenters. The highest BCUT2D eigenvalue weighted by atomic mass is 19.1. The summed E-state index contributed by atoms with van der Waals surface area (Å²) in [5, 5.41) is 11.5. The van der Waals surface area contributed by atoms with E-state index in [9.17, 15) is 14.0 Å². The van der Waals surface area contributed by atoms with Gasteiger partial charge in [-0.1, -0.05) is 0 Å². The van der Waals surface area contributed by atoms with E-state index in [4.69, 9.17) is 5.11 Å². The Kier molecular flexibility index (Phi) is 5.39. The molecule has 1 unspecified atom stereocenters. The first-order valence-corrected chi connectivity index (χ1v) is 7.77. The number of halogens is 1. The van der Waals surface area contributed by atoms with Crippen molar-refractivity contribution in [2.24, 2.45) is 0 Å². The third kappa shape index (κ3) is 4.01. The second kappa shape index (κ2) is 7.29. The van der Waals surface area contributed by atoms with Crippen LogP contribution in [0.5, 0.6) is 0 Å². The van der Waals surface area contributed by atoms with Gasteiger partial charge in [0.1, 0.15) is 5.82 Å². The average Bonchev–Trinajstić information content (AvgIpc) is 2.81. The highest BCUT2D eigenvalue weighted by molar-refractivity contribution is 5.96. The molecular weight excluding hydrogens is 311 g/mol. The normalized spacial score (nSPS) is 12.0. The van der Waals surface area contributed by atoms with Crippen molar-refractivity contribution >= 4 is 11.9 Å². The maximum Gasteiger partial charge on any atom is 0.303 e. The van der Waals surface area contributed by atoms with Crippen LogP contribution in [-0.2, 0) is 4.79 Å². The van der Waals surface area contributed by atoms with Crippen LogP contribution in [-0.4, -0.2) is 27.6 Å². The molecule has 0 saturated heterocycles. The highest BCUT2D eigenvalue weighted by Crippen LogP contribution is 2.21. The number of amides is 1. The minimum absolute atomic E-state index is 0.00997. The number of aromatic nitrogens is 1. The van der Waals surface area contributed by atoms with Crippen molar-refractivity contribution in [2.75, 3.05) is 0 Å². The van der Waals surface area contributed by atoms with Gasteiger partial charge in [0, 0.05) is 29.5 Å². The van der Waals surface area contributed by atoms with Gasteiger partial charge in [-0.2, -0.15) is 0 Å². The molecule has 1 aromatic heterocycles. The number of carbonyl (C=O) groups is 2. The highest BCUT2D eigenvalue weighted by Gasteiger charge is 2.18. The van der Waals surface area contributed by atoms with E-state index in [1.807, 2.05) is 18.4 Å². The summed E-state index contributed by atoms with van der Waals surface area (Å²) >= 11 is 0. The van der Waals surface area contributed by atoms with E-state index in [1.165, 1.54) is 12.1 Å². The van der Waals surface area contributed by atoms with Gasteiger partial charge in [-0.3, -0.25) is 9.59 Å². The Balaban J connectivity index is 2.20. The minimum Gasteiger partial charge on any atom is -0.481 e. The van der Waals surface area contributed by atoms with Crippen molar-refractivity contribution in [1.29, 1.82) is 0 Å². The van der Waals surface area contributed by atoms with Crippen LogP contribution in [0, 0.1) is 19.7 Å². The van der Waals surface area contributed by atoms with Gasteiger partial charge in [-0.05, 0) is 57.5 Å². The second-order valence-corrected chi connectivity index (χ2v) is 5.90. The molecule has 0 fully saturated rings. The topological polar surface area (TPSA) is 71.3 Å². The molecule has 1 aromatic carbocycles. The van der Waals surface area contributed by atoms with Crippen LogP contribution in [0.4, 0.5) is 4.39 Å². The lowest BCUT2D eigenvalue weighted by molar-refractivity contribution is -0.137. The van der Waals surface area contributed by atoms with Gasteiger partial charge in [-0.15, -0.1) is 0 Å². The zero-order chi connectivity index (χ0) is 17.9. The van der Waals surface area contributed by atoms with Gasteiger partial charge < -0.3 is 15.0 Å². The Morgan fingerprint density at radius 3 is 2.46 bits per heavy atom. The Morgan fingerprint density at radius 2 is 1.88 bits per heavy atom. The number of carbonyl (C=O) groups excluding carboxylic acids is 1. The van der Waals surface area contributed by atoms with Gasteiger partial charge in [0.2, 0.25) is 0 Å². The van der Waals surface area contributed by atoms with Crippen molar-refractivity contribution in [3.05, 3.63) is 53.1 Å². The lowest BCUT2D eigenvalue weighted by Crippen LogP contribution is -2.33. The number of aliphatic carboxylic acids is 1. The Labute approximate surface area is 140 Å². The number of hydrogen-bond acceptors (Lipinski definition) is 2. The number of aryl methyl sites for hydroxylation is 1. The lowest BCUT2D eigenvalue weighted by atomic mass is 10.1. The summed E-state index contributed by atoms with van der Waals surface area (Å²) in [6.45, 7) is 5.48. The molecule has 0 aliphatic carbocycles. The van der Waals surface area contributed by atoms with Crippen LogP contribution in [0.25, 0.3) is 5.69 Å². The summed E-state index contributed by atoms with van der Waals surface area (Å²) in [7, 11) is 0. The molecule has 2 rings (SSSR count). The quantitative estimate of drug-likeness (QED) is 0.853. The van der Waals surface area contributed by atoms with Gasteiger partial charge in [0.05, 0.1) is 5.56 Å². The van der Waals surface area contributed by atoms with E-state index in [0.29, 0.717) is 12.0 Å². The molecule has 1 amide bonds. The largest absolute Gasteiger partial charge is 0.481 e. The number of nitrogens with one attached hydrogen (secondary N) is 1. The number of hydrogen-bond donors (Lipinski definition) is 2. The molecule has 2 aromatic rings. The van der Waals surface area contributed by atoms with E-state index in [0.717, 1.165) is 17.1 Å². The molecule has 0 radical (unpaired) electrons. The van der Waals surface area contributed by atoms with Crippen LogP contribution in [0.1, 0.15) is 41.5 Å². The molecule has 5 nitrogen and oxygen atoms in total. The smallest absolute Gasteiger partial charge is 0.303 e. The summed E-state index contributed by atoms with van der Waals surface area (Å²) in [5.41, 5.74) is 2.92. The molecule has 0 bridgehead atoms. The molecule has 6 heteroatoms. The Hall–Kier alpha value is -2.63. The average molecular weight is 332 g/mol. The zero-order valence-electron chi connectivity index (χ0n) is 14.0. The van der Waals surface area contributed by atoms with E-state index in [-0.39, 0.29) is 24.2 Å². The maximum atomic E-state index is 13.1. The number of nitrogens with zero attached hydrogens (tertiary/aromatic N) is 1. The standard InChI is InChI=1S/C18H21FN2O3/c1-11(4-9-17(22)23)20-18(24)16-10-12(2)21(13(16)3)15-7-5-14(19)6-8-15/h5-8,10-11H,4,9H2,1-3H3,(H,20,24)(H,22,23). The van der Waals surface area contributed by atoms with Crippen molar-refractivity contribution in [3.8, 4) is 5.69 Å². The van der Waals surface area contributed by atoms with E-state index < -0.39 is 5.97 Å². The molecule has 1 heterocycles. The summed E-state index contributed by atoms with van der Waals surface area (Å²) in [6.07, 6.45) is 0.383. The molecule has 24 heavy (non-hydrogen) atoms. The number of benzene rings is 1. The molecule has 0 aliphatic heterocycles. The van der Waals surface area contributed by atoms with E-state index in [1.54, 1.807) is 25.1 Å². The van der Waals surface area contributed by atoms with Crippen molar-refractivity contribution in [1.82, 2.24) is 9.88 Å². The monoisotopic (exact) mass is 332 g/mol.